The third-order valence-electron chi connectivity index (χ3n) is 5.34. The molecule has 1 aromatic heterocycles. The topological polar surface area (TPSA) is 66.7 Å². The SMILES string of the molecule is CCNC(=NCC1CN(CC(C)C)CCO1)NCCCn1c(C)nc2ccccc21. The number of nitrogens with one attached hydrogen (secondary N) is 2. The van der Waals surface area contributed by atoms with Crippen LogP contribution in [0.15, 0.2) is 29.3 Å². The van der Waals surface area contributed by atoms with Crippen LogP contribution in [0.2, 0.25) is 0 Å². The molecular formula is C23H38N6O. The molecule has 7 heteroatoms. The van der Waals surface area contributed by atoms with E-state index in [9.17, 15) is 0 Å². The molecular weight excluding hydrogens is 376 g/mol. The van der Waals surface area contributed by atoms with Crippen molar-refractivity contribution in [2.45, 2.75) is 46.8 Å². The van der Waals surface area contributed by atoms with Crippen LogP contribution in [0.3, 0.4) is 0 Å². The van der Waals surface area contributed by atoms with E-state index in [-0.39, 0.29) is 6.10 Å². The van der Waals surface area contributed by atoms with E-state index in [4.69, 9.17) is 9.73 Å². The van der Waals surface area contributed by atoms with Crippen molar-refractivity contribution in [2.24, 2.45) is 10.9 Å². The number of fused-ring (bicyclic) bond motifs is 1. The number of aryl methyl sites for hydroxylation is 2. The summed E-state index contributed by atoms with van der Waals surface area (Å²) in [5.74, 6) is 2.62. The van der Waals surface area contributed by atoms with Gasteiger partial charge in [-0.3, -0.25) is 9.89 Å². The Kier molecular flexibility index (Phi) is 8.51. The van der Waals surface area contributed by atoms with E-state index in [0.29, 0.717) is 12.5 Å². The zero-order chi connectivity index (χ0) is 21.3. The Labute approximate surface area is 180 Å². The Morgan fingerprint density at radius 2 is 2.13 bits per heavy atom. The molecule has 1 aliphatic rings. The average Bonchev–Trinajstić information content (AvgIpc) is 3.04. The second kappa shape index (κ2) is 11.3. The van der Waals surface area contributed by atoms with Gasteiger partial charge >= 0.3 is 0 Å². The van der Waals surface area contributed by atoms with Crippen LogP contribution in [0.1, 0.15) is 33.0 Å². The van der Waals surface area contributed by atoms with Crippen LogP contribution in [-0.2, 0) is 11.3 Å². The second-order valence-electron chi connectivity index (χ2n) is 8.45. The van der Waals surface area contributed by atoms with Crippen LogP contribution < -0.4 is 10.6 Å². The van der Waals surface area contributed by atoms with Crippen molar-refractivity contribution in [3.8, 4) is 0 Å². The fraction of sp³-hybridized carbons (Fsp3) is 0.652. The van der Waals surface area contributed by atoms with E-state index in [1.54, 1.807) is 0 Å². The van der Waals surface area contributed by atoms with Gasteiger partial charge in [0.25, 0.3) is 0 Å². The van der Waals surface area contributed by atoms with Crippen molar-refractivity contribution >= 4 is 17.0 Å². The third kappa shape index (κ3) is 6.44. The van der Waals surface area contributed by atoms with E-state index in [1.165, 1.54) is 5.52 Å². The molecule has 3 rings (SSSR count). The van der Waals surface area contributed by atoms with Gasteiger partial charge in [-0.05, 0) is 38.3 Å². The van der Waals surface area contributed by atoms with Gasteiger partial charge in [-0.2, -0.15) is 0 Å². The van der Waals surface area contributed by atoms with Crippen molar-refractivity contribution in [3.63, 3.8) is 0 Å². The van der Waals surface area contributed by atoms with Crippen LogP contribution in [0, 0.1) is 12.8 Å². The summed E-state index contributed by atoms with van der Waals surface area (Å²) in [4.78, 5) is 11.9. The van der Waals surface area contributed by atoms with E-state index < -0.39 is 0 Å². The lowest BCUT2D eigenvalue weighted by Crippen LogP contribution is -2.46. The number of nitrogens with zero attached hydrogens (tertiary/aromatic N) is 4. The Bertz CT molecular complexity index is 815. The Balaban J connectivity index is 1.47. The molecule has 0 aliphatic carbocycles. The van der Waals surface area contributed by atoms with Crippen molar-refractivity contribution in [1.82, 2.24) is 25.1 Å². The molecule has 30 heavy (non-hydrogen) atoms. The van der Waals surface area contributed by atoms with Gasteiger partial charge in [0.2, 0.25) is 0 Å². The van der Waals surface area contributed by atoms with Gasteiger partial charge in [0, 0.05) is 39.3 Å². The van der Waals surface area contributed by atoms with Crippen LogP contribution in [0.25, 0.3) is 11.0 Å². The minimum Gasteiger partial charge on any atom is -0.374 e. The number of imidazole rings is 1. The number of para-hydroxylation sites is 2. The maximum atomic E-state index is 5.93. The molecule has 2 aromatic rings. The van der Waals surface area contributed by atoms with Gasteiger partial charge in [0.1, 0.15) is 5.82 Å². The summed E-state index contributed by atoms with van der Waals surface area (Å²) in [6.07, 6.45) is 1.18. The van der Waals surface area contributed by atoms with Crippen molar-refractivity contribution in [2.75, 3.05) is 45.9 Å². The van der Waals surface area contributed by atoms with Crippen molar-refractivity contribution < 1.29 is 4.74 Å². The zero-order valence-corrected chi connectivity index (χ0v) is 19.0. The molecule has 0 bridgehead atoms. The molecule has 1 atom stereocenters. The highest BCUT2D eigenvalue weighted by atomic mass is 16.5. The Morgan fingerprint density at radius 3 is 2.93 bits per heavy atom. The largest absolute Gasteiger partial charge is 0.374 e. The number of morpholine rings is 1. The fourth-order valence-corrected chi connectivity index (χ4v) is 4.03. The van der Waals surface area contributed by atoms with Gasteiger partial charge in [0.15, 0.2) is 5.96 Å². The van der Waals surface area contributed by atoms with Crippen LogP contribution in [0.4, 0.5) is 0 Å². The first kappa shape index (κ1) is 22.6. The molecule has 1 unspecified atom stereocenters. The number of rotatable bonds is 9. The quantitative estimate of drug-likeness (QED) is 0.375. The van der Waals surface area contributed by atoms with Crippen LogP contribution >= 0.6 is 0 Å². The molecule has 1 aromatic carbocycles. The minimum absolute atomic E-state index is 0.174. The first-order chi connectivity index (χ1) is 14.6. The summed E-state index contributed by atoms with van der Waals surface area (Å²) in [5, 5.41) is 6.82. The lowest BCUT2D eigenvalue weighted by Gasteiger charge is -2.33. The first-order valence-electron chi connectivity index (χ1n) is 11.3. The zero-order valence-electron chi connectivity index (χ0n) is 19.0. The van der Waals surface area contributed by atoms with Gasteiger partial charge in [0.05, 0.1) is 30.3 Å². The summed E-state index contributed by atoms with van der Waals surface area (Å²) in [5.41, 5.74) is 2.27. The monoisotopic (exact) mass is 414 g/mol. The van der Waals surface area contributed by atoms with Gasteiger partial charge in [-0.25, -0.2) is 4.98 Å². The predicted molar refractivity (Wildman–Crippen MR) is 124 cm³/mol. The van der Waals surface area contributed by atoms with Crippen LogP contribution in [0.5, 0.6) is 0 Å². The normalized spacial score (nSPS) is 18.3. The average molecular weight is 415 g/mol. The summed E-state index contributed by atoms with van der Waals surface area (Å²) < 4.78 is 8.22. The van der Waals surface area contributed by atoms with Crippen molar-refractivity contribution in [3.05, 3.63) is 30.1 Å². The molecule has 7 nitrogen and oxygen atoms in total. The summed E-state index contributed by atoms with van der Waals surface area (Å²) >= 11 is 0. The molecule has 166 valence electrons. The third-order valence-corrected chi connectivity index (χ3v) is 5.34. The number of aliphatic imine (C=N–C) groups is 1. The van der Waals surface area contributed by atoms with Crippen LogP contribution in [-0.4, -0.2) is 72.4 Å². The molecule has 1 fully saturated rings. The lowest BCUT2D eigenvalue weighted by atomic mass is 10.2. The smallest absolute Gasteiger partial charge is 0.191 e. The molecule has 1 aliphatic heterocycles. The maximum Gasteiger partial charge on any atom is 0.191 e. The van der Waals surface area contributed by atoms with Gasteiger partial charge in [-0.15, -0.1) is 0 Å². The highest BCUT2D eigenvalue weighted by Crippen LogP contribution is 2.15. The minimum atomic E-state index is 0.174. The summed E-state index contributed by atoms with van der Waals surface area (Å²) in [6, 6.07) is 8.32. The molecule has 2 heterocycles. The number of hydrogen-bond acceptors (Lipinski definition) is 4. The predicted octanol–water partition coefficient (Wildman–Crippen LogP) is 2.65. The fourth-order valence-electron chi connectivity index (χ4n) is 4.03. The van der Waals surface area contributed by atoms with Gasteiger partial charge in [-0.1, -0.05) is 26.0 Å². The molecule has 0 radical (unpaired) electrons. The number of aromatic nitrogens is 2. The Hall–Kier alpha value is -2.12. The number of ether oxygens (including phenoxy) is 1. The molecule has 1 saturated heterocycles. The lowest BCUT2D eigenvalue weighted by molar-refractivity contribution is -0.0261. The first-order valence-corrected chi connectivity index (χ1v) is 11.3. The summed E-state index contributed by atoms with van der Waals surface area (Å²) in [7, 11) is 0. The van der Waals surface area contributed by atoms with Gasteiger partial charge < -0.3 is 19.9 Å². The van der Waals surface area contributed by atoms with Crippen molar-refractivity contribution in [1.29, 1.82) is 0 Å². The molecule has 0 saturated carbocycles. The molecule has 0 amide bonds. The molecule has 2 N–H and O–H groups in total. The highest BCUT2D eigenvalue weighted by molar-refractivity contribution is 5.79. The van der Waals surface area contributed by atoms with E-state index >= 15 is 0 Å². The van der Waals surface area contributed by atoms with E-state index in [0.717, 1.165) is 69.6 Å². The Morgan fingerprint density at radius 1 is 1.30 bits per heavy atom. The van der Waals surface area contributed by atoms with E-state index in [1.807, 2.05) is 6.07 Å². The van der Waals surface area contributed by atoms with E-state index in [2.05, 4.69) is 71.0 Å². The summed E-state index contributed by atoms with van der Waals surface area (Å²) in [6.45, 7) is 16.0. The number of guanidine groups is 1. The second-order valence-corrected chi connectivity index (χ2v) is 8.45. The molecule has 0 spiro atoms. The standard InChI is InChI=1S/C23H38N6O/c1-5-24-23(26-15-20-17-28(13-14-30-20)16-18(2)3)25-11-8-12-29-19(4)27-21-9-6-7-10-22(21)29/h6-7,9-10,18,20H,5,8,11-17H2,1-4H3,(H2,24,25,26). The number of benzene rings is 1. The maximum absolute atomic E-state index is 5.93. The number of hydrogen-bond donors (Lipinski definition) is 2. The highest BCUT2D eigenvalue weighted by Gasteiger charge is 2.20.